The van der Waals surface area contributed by atoms with Gasteiger partial charge in [-0.3, -0.25) is 9.59 Å². The van der Waals surface area contributed by atoms with Crippen molar-refractivity contribution < 1.29 is 14.3 Å². The molecule has 5 heteroatoms. The van der Waals surface area contributed by atoms with Gasteiger partial charge >= 0.3 is 5.97 Å². The van der Waals surface area contributed by atoms with Gasteiger partial charge in [0.1, 0.15) is 6.61 Å². The molecular weight excluding hydrogens is 411 g/mol. The summed E-state index contributed by atoms with van der Waals surface area (Å²) < 4.78 is 6.08. The van der Waals surface area contributed by atoms with E-state index >= 15 is 0 Å². The molecule has 1 aromatic rings. The maximum atomic E-state index is 12.1. The van der Waals surface area contributed by atoms with E-state index in [0.29, 0.717) is 0 Å². The largest absolute Gasteiger partial charge is 0.464 e. The molecule has 18 heavy (non-hydrogen) atoms. The van der Waals surface area contributed by atoms with Crippen molar-refractivity contribution in [1.29, 1.82) is 0 Å². The number of ketones is 1. The predicted molar refractivity (Wildman–Crippen MR) is 81.9 cm³/mol. The van der Waals surface area contributed by atoms with E-state index in [1.807, 2.05) is 24.3 Å². The minimum Gasteiger partial charge on any atom is -0.464 e. The third kappa shape index (κ3) is 3.78. The molecule has 98 valence electrons. The topological polar surface area (TPSA) is 43.4 Å². The van der Waals surface area contributed by atoms with Crippen molar-refractivity contribution >= 4 is 50.3 Å². The molecule has 1 aromatic carbocycles. The van der Waals surface area contributed by atoms with E-state index in [-0.39, 0.29) is 23.7 Å². The highest BCUT2D eigenvalue weighted by atomic mass is 127. The average molecular weight is 425 g/mol. The van der Waals surface area contributed by atoms with Gasteiger partial charge in [0.05, 0.1) is 10.7 Å². The Morgan fingerprint density at radius 1 is 1.44 bits per heavy atom. The Hall–Kier alpha value is -0.430. The lowest BCUT2D eigenvalue weighted by atomic mass is 9.80. The zero-order valence-corrected chi connectivity index (χ0v) is 13.9. The molecule has 0 fully saturated rings. The van der Waals surface area contributed by atoms with Crippen LogP contribution in [-0.4, -0.2) is 23.7 Å². The fourth-order valence-corrected chi connectivity index (χ4v) is 2.71. The fourth-order valence-electron chi connectivity index (χ4n) is 1.55. The molecule has 0 aromatic heterocycles. The van der Waals surface area contributed by atoms with Crippen molar-refractivity contribution in [2.24, 2.45) is 0 Å². The van der Waals surface area contributed by atoms with Gasteiger partial charge in [0.25, 0.3) is 0 Å². The number of alkyl halides is 1. The second kappa shape index (κ2) is 6.65. The van der Waals surface area contributed by atoms with Gasteiger partial charge in [-0.2, -0.15) is 0 Å². The molecule has 0 N–H and O–H groups in total. The van der Waals surface area contributed by atoms with Gasteiger partial charge in [0.2, 0.25) is 0 Å². The van der Waals surface area contributed by atoms with Gasteiger partial charge in [-0.15, -0.1) is 0 Å². The van der Waals surface area contributed by atoms with E-state index in [2.05, 4.69) is 38.5 Å². The molecule has 0 heterocycles. The summed E-state index contributed by atoms with van der Waals surface area (Å²) in [6, 6.07) is 7.66. The Morgan fingerprint density at radius 2 is 2.11 bits per heavy atom. The number of benzene rings is 1. The van der Waals surface area contributed by atoms with Crippen LogP contribution in [0.4, 0.5) is 0 Å². The van der Waals surface area contributed by atoms with Gasteiger partial charge < -0.3 is 4.74 Å². The highest BCUT2D eigenvalue weighted by molar-refractivity contribution is 14.1. The smallest absolute Gasteiger partial charge is 0.302 e. The average Bonchev–Trinajstić information content (AvgIpc) is 2.34. The molecule has 0 spiro atoms. The number of carbonyl (C=O) groups excluding carboxylic acids is 2. The Bertz CT molecular complexity index is 461. The van der Waals surface area contributed by atoms with E-state index < -0.39 is 5.41 Å². The number of hydrogen-bond acceptors (Lipinski definition) is 3. The Morgan fingerprint density at radius 3 is 2.61 bits per heavy atom. The van der Waals surface area contributed by atoms with E-state index in [4.69, 9.17) is 4.74 Å². The summed E-state index contributed by atoms with van der Waals surface area (Å²) in [5, 5.41) is 0.232. The molecule has 0 aliphatic rings. The Kier molecular flexibility index (Phi) is 5.78. The maximum absolute atomic E-state index is 12.1. The van der Waals surface area contributed by atoms with Crippen molar-refractivity contribution in [3.63, 3.8) is 0 Å². The lowest BCUT2D eigenvalue weighted by molar-refractivity contribution is -0.144. The molecule has 3 nitrogen and oxygen atoms in total. The molecule has 0 aliphatic carbocycles. The first kappa shape index (κ1) is 15.6. The van der Waals surface area contributed by atoms with Crippen molar-refractivity contribution in [3.8, 4) is 0 Å². The number of esters is 1. The summed E-state index contributed by atoms with van der Waals surface area (Å²) in [6.07, 6.45) is 0. The minimum atomic E-state index is -0.809. The Balaban J connectivity index is 3.11. The van der Waals surface area contributed by atoms with Crippen LogP contribution < -0.4 is 0 Å². The Labute approximate surface area is 129 Å². The quantitative estimate of drug-likeness (QED) is 0.414. The van der Waals surface area contributed by atoms with Crippen LogP contribution in [0.15, 0.2) is 24.3 Å². The van der Waals surface area contributed by atoms with Crippen molar-refractivity contribution in [2.45, 2.75) is 19.3 Å². The summed E-state index contributed by atoms with van der Waals surface area (Å²) in [7, 11) is 0. The molecule has 0 amide bonds. The van der Waals surface area contributed by atoms with Gasteiger partial charge in [-0.1, -0.05) is 28.1 Å². The third-order valence-electron chi connectivity index (χ3n) is 2.76. The molecule has 1 atom stereocenters. The third-order valence-corrected chi connectivity index (χ3v) is 3.94. The van der Waals surface area contributed by atoms with E-state index in [1.165, 1.54) is 6.92 Å². The molecule has 1 unspecified atom stereocenters. The summed E-state index contributed by atoms with van der Waals surface area (Å²) in [6.45, 7) is 3.20. The highest BCUT2D eigenvalue weighted by Gasteiger charge is 2.35. The molecule has 1 rings (SSSR count). The van der Waals surface area contributed by atoms with Crippen molar-refractivity contribution in [2.75, 3.05) is 11.9 Å². The molecule has 0 saturated heterocycles. The van der Waals surface area contributed by atoms with Gasteiger partial charge in [-0.25, -0.2) is 0 Å². The maximum Gasteiger partial charge on any atom is 0.302 e. The van der Waals surface area contributed by atoms with Crippen LogP contribution in [-0.2, 0) is 19.7 Å². The standard InChI is InChI=1S/C13H14BrIO3/c1-9(16)18-8-13(2,12(17)7-14)10-4-3-5-11(15)6-10/h3-6H,7-8H2,1-2H3. The van der Waals surface area contributed by atoms with E-state index in [1.54, 1.807) is 6.92 Å². The van der Waals surface area contributed by atoms with Gasteiger partial charge in [0, 0.05) is 10.5 Å². The first-order valence-electron chi connectivity index (χ1n) is 5.39. The zero-order valence-electron chi connectivity index (χ0n) is 10.2. The van der Waals surface area contributed by atoms with Crippen molar-refractivity contribution in [3.05, 3.63) is 33.4 Å². The number of Topliss-reactive ketones (excluding diaryl/α,β-unsaturated/α-hetero) is 1. The highest BCUT2D eigenvalue weighted by Crippen LogP contribution is 2.27. The lowest BCUT2D eigenvalue weighted by Crippen LogP contribution is -2.39. The molecule has 0 bridgehead atoms. The minimum absolute atomic E-state index is 0.00856. The van der Waals surface area contributed by atoms with E-state index in [9.17, 15) is 9.59 Å². The van der Waals surface area contributed by atoms with Gasteiger partial charge in [-0.05, 0) is 47.2 Å². The molecule has 0 aliphatic heterocycles. The number of rotatable bonds is 5. The normalized spacial score (nSPS) is 13.8. The van der Waals surface area contributed by atoms with Crippen molar-refractivity contribution in [1.82, 2.24) is 0 Å². The first-order chi connectivity index (χ1) is 8.40. The fraction of sp³-hybridized carbons (Fsp3) is 0.385. The van der Waals surface area contributed by atoms with E-state index in [0.717, 1.165) is 9.13 Å². The van der Waals surface area contributed by atoms with Crippen LogP contribution in [0.1, 0.15) is 19.4 Å². The second-order valence-corrected chi connectivity index (χ2v) is 5.99. The zero-order chi connectivity index (χ0) is 13.8. The summed E-state index contributed by atoms with van der Waals surface area (Å²) in [4.78, 5) is 23.1. The lowest BCUT2D eigenvalue weighted by Gasteiger charge is -2.27. The SMILES string of the molecule is CC(=O)OCC(C)(C(=O)CBr)c1cccc(I)c1. The molecular formula is C13H14BrIO3. The van der Waals surface area contributed by atoms with Crippen LogP contribution in [0.3, 0.4) is 0 Å². The summed E-state index contributed by atoms with van der Waals surface area (Å²) in [5.74, 6) is -0.389. The van der Waals surface area contributed by atoms with Crippen LogP contribution >= 0.6 is 38.5 Å². The number of hydrogen-bond donors (Lipinski definition) is 0. The summed E-state index contributed by atoms with van der Waals surface area (Å²) >= 11 is 5.37. The summed E-state index contributed by atoms with van der Waals surface area (Å²) in [5.41, 5.74) is 0.0520. The first-order valence-corrected chi connectivity index (χ1v) is 7.59. The number of ether oxygens (including phenoxy) is 1. The van der Waals surface area contributed by atoms with Crippen LogP contribution in [0.2, 0.25) is 0 Å². The number of halogens is 2. The number of carbonyl (C=O) groups is 2. The van der Waals surface area contributed by atoms with Crippen LogP contribution in [0.5, 0.6) is 0 Å². The monoisotopic (exact) mass is 424 g/mol. The molecule has 0 saturated carbocycles. The van der Waals surface area contributed by atoms with Crippen LogP contribution in [0.25, 0.3) is 0 Å². The second-order valence-electron chi connectivity index (χ2n) is 4.18. The predicted octanol–water partition coefficient (Wildman–Crippen LogP) is 3.08. The molecule has 0 radical (unpaired) electrons. The van der Waals surface area contributed by atoms with Gasteiger partial charge in [0.15, 0.2) is 5.78 Å². The van der Waals surface area contributed by atoms with Crippen LogP contribution in [0, 0.1) is 3.57 Å².